The highest BCUT2D eigenvalue weighted by atomic mass is 32.2. The van der Waals surface area contributed by atoms with Gasteiger partial charge in [0.05, 0.1) is 0 Å². The van der Waals surface area contributed by atoms with Crippen LogP contribution in [0.4, 0.5) is 5.13 Å². The molecule has 2 amide bonds. The standard InChI is InChI=1S/C19H24N4O2S2/c1-26-13-7-16(21-17(24)15-5-3-2-4-6-15)18(25)22-9-11-23(12-10-22)19-20-8-14-27-19/h2-6,8,14,16H,7,9-13H2,1H3,(H,21,24). The van der Waals surface area contributed by atoms with Crippen LogP contribution in [0.5, 0.6) is 0 Å². The normalized spacial score (nSPS) is 15.4. The van der Waals surface area contributed by atoms with Crippen LogP contribution in [-0.2, 0) is 4.79 Å². The first kappa shape index (κ1) is 19.7. The van der Waals surface area contributed by atoms with Crippen LogP contribution in [0.25, 0.3) is 0 Å². The number of thioether (sulfide) groups is 1. The number of piperazine rings is 1. The molecule has 1 fully saturated rings. The number of carbonyl (C=O) groups excluding carboxylic acids is 2. The van der Waals surface area contributed by atoms with E-state index in [9.17, 15) is 9.59 Å². The van der Waals surface area contributed by atoms with Crippen molar-refractivity contribution in [2.24, 2.45) is 0 Å². The average molecular weight is 405 g/mol. The topological polar surface area (TPSA) is 65.5 Å². The molecule has 2 heterocycles. The number of rotatable bonds is 7. The first-order valence-electron chi connectivity index (χ1n) is 8.97. The molecule has 3 rings (SSSR count). The van der Waals surface area contributed by atoms with Gasteiger partial charge in [0, 0.05) is 43.3 Å². The molecule has 8 heteroatoms. The van der Waals surface area contributed by atoms with Crippen molar-refractivity contribution in [3.63, 3.8) is 0 Å². The number of anilines is 1. The zero-order valence-corrected chi connectivity index (χ0v) is 17.0. The summed E-state index contributed by atoms with van der Waals surface area (Å²) in [7, 11) is 0. The molecule has 1 N–H and O–H groups in total. The minimum Gasteiger partial charge on any atom is -0.345 e. The summed E-state index contributed by atoms with van der Waals surface area (Å²) in [6.45, 7) is 2.83. The van der Waals surface area contributed by atoms with Crippen molar-refractivity contribution < 1.29 is 9.59 Å². The Morgan fingerprint density at radius 2 is 1.96 bits per heavy atom. The maximum atomic E-state index is 13.0. The van der Waals surface area contributed by atoms with Crippen LogP contribution >= 0.6 is 23.1 Å². The zero-order chi connectivity index (χ0) is 19.1. The summed E-state index contributed by atoms with van der Waals surface area (Å²) in [6.07, 6.45) is 4.44. The maximum absolute atomic E-state index is 13.0. The van der Waals surface area contributed by atoms with Crippen molar-refractivity contribution in [1.82, 2.24) is 15.2 Å². The second-order valence-corrected chi connectivity index (χ2v) is 8.16. The van der Waals surface area contributed by atoms with Gasteiger partial charge in [-0.2, -0.15) is 11.8 Å². The Labute approximate surface area is 168 Å². The third-order valence-corrected chi connectivity index (χ3v) is 6.01. The second kappa shape index (κ2) is 9.75. The highest BCUT2D eigenvalue weighted by Crippen LogP contribution is 2.19. The molecule has 1 aromatic carbocycles. The lowest BCUT2D eigenvalue weighted by atomic mass is 10.1. The summed E-state index contributed by atoms with van der Waals surface area (Å²) in [6, 6.07) is 8.55. The second-order valence-electron chi connectivity index (χ2n) is 6.30. The van der Waals surface area contributed by atoms with E-state index < -0.39 is 6.04 Å². The van der Waals surface area contributed by atoms with Crippen molar-refractivity contribution >= 4 is 40.0 Å². The third kappa shape index (κ3) is 5.23. The summed E-state index contributed by atoms with van der Waals surface area (Å²) < 4.78 is 0. The third-order valence-electron chi connectivity index (χ3n) is 4.53. The average Bonchev–Trinajstić information content (AvgIpc) is 3.26. The molecule has 27 heavy (non-hydrogen) atoms. The Morgan fingerprint density at radius 1 is 1.22 bits per heavy atom. The molecule has 1 unspecified atom stereocenters. The molecule has 0 radical (unpaired) electrons. The van der Waals surface area contributed by atoms with Crippen LogP contribution in [0.2, 0.25) is 0 Å². The molecule has 1 saturated heterocycles. The summed E-state index contributed by atoms with van der Waals surface area (Å²) in [5.74, 6) is 0.633. The van der Waals surface area contributed by atoms with Crippen LogP contribution in [-0.4, -0.2) is 65.9 Å². The molecule has 0 bridgehead atoms. The quantitative estimate of drug-likeness (QED) is 0.767. The van der Waals surface area contributed by atoms with Gasteiger partial charge < -0.3 is 15.1 Å². The van der Waals surface area contributed by atoms with Gasteiger partial charge in [0.25, 0.3) is 5.91 Å². The van der Waals surface area contributed by atoms with E-state index in [4.69, 9.17) is 0 Å². The number of nitrogens with one attached hydrogen (secondary N) is 1. The fourth-order valence-electron chi connectivity index (χ4n) is 3.03. The lowest BCUT2D eigenvalue weighted by molar-refractivity contribution is -0.133. The van der Waals surface area contributed by atoms with Gasteiger partial charge in [-0.3, -0.25) is 9.59 Å². The van der Waals surface area contributed by atoms with Gasteiger partial charge in [-0.05, 0) is 30.6 Å². The number of thiazole rings is 1. The number of amides is 2. The Hall–Kier alpha value is -2.06. The van der Waals surface area contributed by atoms with Gasteiger partial charge in [-0.25, -0.2) is 4.98 Å². The Bertz CT molecular complexity index is 731. The van der Waals surface area contributed by atoms with Crippen LogP contribution in [0.3, 0.4) is 0 Å². The molecule has 1 atom stereocenters. The van der Waals surface area contributed by atoms with Gasteiger partial charge in [0.2, 0.25) is 5.91 Å². The Kier molecular flexibility index (Phi) is 7.11. The van der Waals surface area contributed by atoms with E-state index in [1.807, 2.05) is 34.7 Å². The summed E-state index contributed by atoms with van der Waals surface area (Å²) >= 11 is 3.29. The maximum Gasteiger partial charge on any atom is 0.251 e. The molecule has 0 spiro atoms. The summed E-state index contributed by atoms with van der Waals surface area (Å²) in [5.41, 5.74) is 0.577. The number of nitrogens with zero attached hydrogens (tertiary/aromatic N) is 3. The van der Waals surface area contributed by atoms with Crippen molar-refractivity contribution in [2.45, 2.75) is 12.5 Å². The smallest absolute Gasteiger partial charge is 0.251 e. The molecule has 0 saturated carbocycles. The molecule has 2 aromatic rings. The lowest BCUT2D eigenvalue weighted by Gasteiger charge is -2.36. The van der Waals surface area contributed by atoms with Crippen LogP contribution < -0.4 is 10.2 Å². The predicted molar refractivity (Wildman–Crippen MR) is 112 cm³/mol. The summed E-state index contributed by atoms with van der Waals surface area (Å²) in [4.78, 5) is 33.9. The SMILES string of the molecule is CSCCC(NC(=O)c1ccccc1)C(=O)N1CCN(c2nccs2)CC1. The van der Waals surface area contributed by atoms with Gasteiger partial charge in [0.1, 0.15) is 6.04 Å². The number of hydrogen-bond donors (Lipinski definition) is 1. The number of aromatic nitrogens is 1. The van der Waals surface area contributed by atoms with Crippen LogP contribution in [0, 0.1) is 0 Å². The number of carbonyl (C=O) groups is 2. The minimum atomic E-state index is -0.489. The fourth-order valence-corrected chi connectivity index (χ4v) is 4.20. The van der Waals surface area contributed by atoms with Crippen molar-refractivity contribution in [2.75, 3.05) is 43.1 Å². The molecular formula is C19H24N4O2S2. The fraction of sp³-hybridized carbons (Fsp3) is 0.421. The number of hydrogen-bond acceptors (Lipinski definition) is 6. The molecule has 1 aliphatic rings. The predicted octanol–water partition coefficient (Wildman–Crippen LogP) is 2.34. The molecule has 1 aliphatic heterocycles. The van der Waals surface area contributed by atoms with Gasteiger partial charge in [0.15, 0.2) is 5.13 Å². The first-order chi connectivity index (χ1) is 13.2. The Balaban J connectivity index is 1.60. The van der Waals surface area contributed by atoms with E-state index in [-0.39, 0.29) is 11.8 Å². The van der Waals surface area contributed by atoms with Gasteiger partial charge in [-0.15, -0.1) is 11.3 Å². The largest absolute Gasteiger partial charge is 0.345 e. The molecule has 0 aliphatic carbocycles. The molecular weight excluding hydrogens is 380 g/mol. The minimum absolute atomic E-state index is 0.00659. The van der Waals surface area contributed by atoms with Crippen LogP contribution in [0.15, 0.2) is 41.9 Å². The van der Waals surface area contributed by atoms with E-state index in [2.05, 4.69) is 15.2 Å². The molecule has 144 valence electrons. The lowest BCUT2D eigenvalue weighted by Crippen LogP contribution is -2.55. The van der Waals surface area contributed by atoms with Crippen molar-refractivity contribution in [3.8, 4) is 0 Å². The Morgan fingerprint density at radius 3 is 2.59 bits per heavy atom. The van der Waals surface area contributed by atoms with E-state index >= 15 is 0 Å². The van der Waals surface area contributed by atoms with E-state index in [0.29, 0.717) is 25.1 Å². The van der Waals surface area contributed by atoms with E-state index in [1.165, 1.54) is 0 Å². The summed E-state index contributed by atoms with van der Waals surface area (Å²) in [5, 5.41) is 5.90. The van der Waals surface area contributed by atoms with Crippen molar-refractivity contribution in [1.29, 1.82) is 0 Å². The van der Waals surface area contributed by atoms with Gasteiger partial charge in [-0.1, -0.05) is 18.2 Å². The van der Waals surface area contributed by atoms with Crippen molar-refractivity contribution in [3.05, 3.63) is 47.5 Å². The highest BCUT2D eigenvalue weighted by molar-refractivity contribution is 7.98. The zero-order valence-electron chi connectivity index (χ0n) is 15.3. The molecule has 1 aromatic heterocycles. The molecule has 6 nitrogen and oxygen atoms in total. The van der Waals surface area contributed by atoms with E-state index in [0.717, 1.165) is 24.0 Å². The van der Waals surface area contributed by atoms with E-state index in [1.54, 1.807) is 41.4 Å². The highest BCUT2D eigenvalue weighted by Gasteiger charge is 2.29. The monoisotopic (exact) mass is 404 g/mol. The number of benzene rings is 1. The van der Waals surface area contributed by atoms with Crippen LogP contribution in [0.1, 0.15) is 16.8 Å². The first-order valence-corrected chi connectivity index (χ1v) is 11.2. The van der Waals surface area contributed by atoms with Gasteiger partial charge >= 0.3 is 0 Å².